The van der Waals surface area contributed by atoms with Crippen molar-refractivity contribution in [3.8, 4) is 5.75 Å². The number of nitrogens with one attached hydrogen (secondary N) is 1. The van der Waals surface area contributed by atoms with Crippen molar-refractivity contribution >= 4 is 22.4 Å². The summed E-state index contributed by atoms with van der Waals surface area (Å²) >= 11 is 0. The molecule has 26 heavy (non-hydrogen) atoms. The van der Waals surface area contributed by atoms with Crippen LogP contribution in [-0.2, 0) is 4.79 Å². The van der Waals surface area contributed by atoms with Crippen molar-refractivity contribution in [2.24, 2.45) is 0 Å². The van der Waals surface area contributed by atoms with Crippen LogP contribution < -0.4 is 10.1 Å². The Balaban J connectivity index is 1.60. The molecule has 0 heterocycles. The van der Waals surface area contributed by atoms with Gasteiger partial charge in [-0.15, -0.1) is 0 Å². The molecule has 0 saturated heterocycles. The molecule has 0 radical (unpaired) electrons. The Morgan fingerprint density at radius 3 is 2.62 bits per heavy atom. The maximum Gasteiger partial charge on any atom is 0.273 e. The molecule has 0 aliphatic carbocycles. The minimum atomic E-state index is -0.505. The maximum absolute atomic E-state index is 12.1. The largest absolute Gasteiger partial charge is 0.484 e. The van der Waals surface area contributed by atoms with Gasteiger partial charge >= 0.3 is 0 Å². The molecule has 0 aliphatic heterocycles. The van der Waals surface area contributed by atoms with Gasteiger partial charge in [-0.2, -0.15) is 0 Å². The second-order valence-corrected chi connectivity index (χ2v) is 5.94. The van der Waals surface area contributed by atoms with Gasteiger partial charge < -0.3 is 10.1 Å². The zero-order chi connectivity index (χ0) is 18.5. The van der Waals surface area contributed by atoms with Crippen molar-refractivity contribution in [3.05, 3.63) is 82.4 Å². The topological polar surface area (TPSA) is 81.5 Å². The van der Waals surface area contributed by atoms with E-state index in [4.69, 9.17) is 4.74 Å². The minimum absolute atomic E-state index is 0.0764. The van der Waals surface area contributed by atoms with Crippen LogP contribution in [0.5, 0.6) is 5.75 Å². The van der Waals surface area contributed by atoms with Crippen molar-refractivity contribution in [2.45, 2.75) is 13.0 Å². The van der Waals surface area contributed by atoms with Crippen LogP contribution in [0.15, 0.2) is 66.7 Å². The average molecular weight is 350 g/mol. The third-order valence-corrected chi connectivity index (χ3v) is 4.05. The highest BCUT2D eigenvalue weighted by atomic mass is 16.6. The SMILES string of the molecule is C[C@H](NC(=O)COc1cccc([N+](=O)[O-])c1)c1ccc2ccccc2c1. The van der Waals surface area contributed by atoms with Crippen molar-refractivity contribution in [3.63, 3.8) is 0 Å². The third kappa shape index (κ3) is 4.16. The zero-order valence-corrected chi connectivity index (χ0v) is 14.2. The molecule has 0 spiro atoms. The highest BCUT2D eigenvalue weighted by Gasteiger charge is 2.12. The van der Waals surface area contributed by atoms with Crippen molar-refractivity contribution in [2.75, 3.05) is 6.61 Å². The Morgan fingerprint density at radius 2 is 1.85 bits per heavy atom. The number of fused-ring (bicyclic) bond motifs is 1. The van der Waals surface area contributed by atoms with Gasteiger partial charge in [-0.3, -0.25) is 14.9 Å². The molecular weight excluding hydrogens is 332 g/mol. The van der Waals surface area contributed by atoms with E-state index in [2.05, 4.69) is 5.32 Å². The molecule has 0 saturated carbocycles. The number of nitro groups is 1. The summed E-state index contributed by atoms with van der Waals surface area (Å²) in [7, 11) is 0. The van der Waals surface area contributed by atoms with Gasteiger partial charge in [0.15, 0.2) is 6.61 Å². The van der Waals surface area contributed by atoms with Crippen LogP contribution in [0.25, 0.3) is 10.8 Å². The van der Waals surface area contributed by atoms with E-state index in [1.54, 1.807) is 6.07 Å². The van der Waals surface area contributed by atoms with E-state index in [1.807, 2.05) is 49.4 Å². The first-order chi connectivity index (χ1) is 12.5. The summed E-state index contributed by atoms with van der Waals surface area (Å²) < 4.78 is 5.35. The molecule has 132 valence electrons. The van der Waals surface area contributed by atoms with Gasteiger partial charge in [-0.25, -0.2) is 0 Å². The van der Waals surface area contributed by atoms with E-state index in [9.17, 15) is 14.9 Å². The van der Waals surface area contributed by atoms with Gasteiger partial charge in [0.2, 0.25) is 0 Å². The molecule has 6 heteroatoms. The van der Waals surface area contributed by atoms with Crippen molar-refractivity contribution in [1.29, 1.82) is 0 Å². The first-order valence-electron chi connectivity index (χ1n) is 8.18. The highest BCUT2D eigenvalue weighted by Crippen LogP contribution is 2.21. The summed E-state index contributed by atoms with van der Waals surface area (Å²) in [5.41, 5.74) is 0.917. The Hall–Kier alpha value is -3.41. The summed E-state index contributed by atoms with van der Waals surface area (Å²) in [5.74, 6) is -0.00938. The van der Waals surface area contributed by atoms with Crippen LogP contribution in [0.1, 0.15) is 18.5 Å². The second kappa shape index (κ2) is 7.65. The van der Waals surface area contributed by atoms with Crippen molar-refractivity contribution in [1.82, 2.24) is 5.32 Å². The fraction of sp³-hybridized carbons (Fsp3) is 0.150. The van der Waals surface area contributed by atoms with Gasteiger partial charge in [0, 0.05) is 6.07 Å². The number of hydrogen-bond acceptors (Lipinski definition) is 4. The lowest BCUT2D eigenvalue weighted by Crippen LogP contribution is -2.31. The van der Waals surface area contributed by atoms with Crippen LogP contribution in [-0.4, -0.2) is 17.4 Å². The second-order valence-electron chi connectivity index (χ2n) is 5.94. The number of nitrogens with zero attached hydrogens (tertiary/aromatic N) is 1. The third-order valence-electron chi connectivity index (χ3n) is 4.05. The molecule has 0 fully saturated rings. The number of hydrogen-bond donors (Lipinski definition) is 1. The highest BCUT2D eigenvalue weighted by molar-refractivity contribution is 5.83. The first-order valence-corrected chi connectivity index (χ1v) is 8.18. The van der Waals surface area contributed by atoms with E-state index >= 15 is 0 Å². The number of nitro benzene ring substituents is 1. The van der Waals surface area contributed by atoms with Gasteiger partial charge in [0.25, 0.3) is 11.6 Å². The lowest BCUT2D eigenvalue weighted by atomic mass is 10.0. The predicted octanol–water partition coefficient (Wildman–Crippen LogP) is 4.00. The molecular formula is C20H18N2O4. The number of carbonyl (C=O) groups excluding carboxylic acids is 1. The Bertz CT molecular complexity index is 955. The number of carbonyl (C=O) groups is 1. The van der Waals surface area contributed by atoms with E-state index < -0.39 is 4.92 Å². The summed E-state index contributed by atoms with van der Waals surface area (Å²) in [6.45, 7) is 1.69. The summed E-state index contributed by atoms with van der Waals surface area (Å²) in [4.78, 5) is 22.4. The van der Waals surface area contributed by atoms with Crippen LogP contribution >= 0.6 is 0 Å². The normalized spacial score (nSPS) is 11.7. The molecule has 3 rings (SSSR count). The van der Waals surface area contributed by atoms with Gasteiger partial charge in [-0.1, -0.05) is 42.5 Å². The quantitative estimate of drug-likeness (QED) is 0.538. The molecule has 0 aromatic heterocycles. The zero-order valence-electron chi connectivity index (χ0n) is 14.2. The Morgan fingerprint density at radius 1 is 1.08 bits per heavy atom. The number of benzene rings is 3. The maximum atomic E-state index is 12.1. The molecule has 1 N–H and O–H groups in total. The fourth-order valence-electron chi connectivity index (χ4n) is 2.68. The van der Waals surface area contributed by atoms with Gasteiger partial charge in [0.1, 0.15) is 5.75 Å². The number of rotatable bonds is 6. The van der Waals surface area contributed by atoms with E-state index in [0.29, 0.717) is 0 Å². The molecule has 3 aromatic carbocycles. The Labute approximate surface area is 150 Å². The summed E-state index contributed by atoms with van der Waals surface area (Å²) in [5, 5.41) is 15.9. The first kappa shape index (κ1) is 17.4. The Kier molecular flexibility index (Phi) is 5.12. The molecule has 0 unspecified atom stereocenters. The molecule has 6 nitrogen and oxygen atoms in total. The van der Waals surface area contributed by atoms with E-state index in [1.165, 1.54) is 18.2 Å². The summed E-state index contributed by atoms with van der Waals surface area (Å²) in [6, 6.07) is 19.6. The monoisotopic (exact) mass is 350 g/mol. The number of non-ortho nitro benzene ring substituents is 1. The molecule has 0 aliphatic rings. The lowest BCUT2D eigenvalue weighted by Gasteiger charge is -2.15. The predicted molar refractivity (Wildman–Crippen MR) is 99.1 cm³/mol. The molecule has 3 aromatic rings. The van der Waals surface area contributed by atoms with Crippen LogP contribution in [0.3, 0.4) is 0 Å². The van der Waals surface area contributed by atoms with Gasteiger partial charge in [-0.05, 0) is 35.4 Å². The van der Waals surface area contributed by atoms with Gasteiger partial charge in [0.05, 0.1) is 17.0 Å². The molecule has 1 atom stereocenters. The summed E-state index contributed by atoms with van der Waals surface area (Å²) in [6.07, 6.45) is 0. The number of ether oxygens (including phenoxy) is 1. The standard InChI is InChI=1S/C20H18N2O4/c1-14(16-10-9-15-5-2-3-6-17(15)11-16)21-20(23)13-26-19-8-4-7-18(12-19)22(24)25/h2-12,14H,13H2,1H3,(H,21,23)/t14-/m0/s1. The van der Waals surface area contributed by atoms with Crippen LogP contribution in [0, 0.1) is 10.1 Å². The average Bonchev–Trinajstić information content (AvgIpc) is 2.66. The molecule has 1 amide bonds. The van der Waals surface area contributed by atoms with Crippen LogP contribution in [0.4, 0.5) is 5.69 Å². The lowest BCUT2D eigenvalue weighted by molar-refractivity contribution is -0.384. The minimum Gasteiger partial charge on any atom is -0.484 e. The number of amides is 1. The van der Waals surface area contributed by atoms with Crippen LogP contribution in [0.2, 0.25) is 0 Å². The van der Waals surface area contributed by atoms with E-state index in [-0.39, 0.29) is 30.0 Å². The molecule has 0 bridgehead atoms. The van der Waals surface area contributed by atoms with Crippen molar-refractivity contribution < 1.29 is 14.5 Å². The fourth-order valence-corrected chi connectivity index (χ4v) is 2.68. The van der Waals surface area contributed by atoms with E-state index in [0.717, 1.165) is 16.3 Å². The smallest absolute Gasteiger partial charge is 0.273 e.